The number of aromatic amines is 1. The molecule has 1 aromatic heterocycles. The predicted octanol–water partition coefficient (Wildman–Crippen LogP) is 1.02. The molecular formula is C12H18N4O2. The average molecular weight is 250 g/mol. The van der Waals surface area contributed by atoms with E-state index in [0.29, 0.717) is 18.8 Å². The minimum atomic E-state index is -0.453. The first-order chi connectivity index (χ1) is 8.56. The number of hydrogen-bond donors (Lipinski definition) is 3. The van der Waals surface area contributed by atoms with Crippen LogP contribution in [-0.2, 0) is 9.59 Å². The molecular weight excluding hydrogens is 232 g/mol. The van der Waals surface area contributed by atoms with Gasteiger partial charge in [0.05, 0.1) is 5.69 Å². The molecule has 0 radical (unpaired) electrons. The van der Waals surface area contributed by atoms with Crippen LogP contribution in [0, 0.1) is 13.8 Å². The number of anilines is 1. The lowest BCUT2D eigenvalue weighted by Gasteiger charge is -2.14. The van der Waals surface area contributed by atoms with Gasteiger partial charge in [-0.1, -0.05) is 6.42 Å². The molecule has 6 heteroatoms. The molecule has 0 aromatic carbocycles. The van der Waals surface area contributed by atoms with Crippen molar-refractivity contribution in [1.29, 1.82) is 0 Å². The van der Waals surface area contributed by atoms with E-state index in [1.165, 1.54) is 0 Å². The number of amides is 2. The van der Waals surface area contributed by atoms with E-state index in [2.05, 4.69) is 20.6 Å². The highest BCUT2D eigenvalue weighted by atomic mass is 16.2. The molecule has 0 saturated carbocycles. The third kappa shape index (κ3) is 2.88. The van der Waals surface area contributed by atoms with Crippen LogP contribution < -0.4 is 10.6 Å². The highest BCUT2D eigenvalue weighted by molar-refractivity contribution is 5.96. The molecule has 0 bridgehead atoms. The quantitative estimate of drug-likeness (QED) is 0.732. The molecule has 3 N–H and O–H groups in total. The van der Waals surface area contributed by atoms with E-state index in [0.717, 1.165) is 24.2 Å². The van der Waals surface area contributed by atoms with Gasteiger partial charge >= 0.3 is 0 Å². The first-order valence-electron chi connectivity index (χ1n) is 6.19. The van der Waals surface area contributed by atoms with Crippen LogP contribution in [0.1, 0.15) is 37.1 Å². The van der Waals surface area contributed by atoms with Crippen molar-refractivity contribution in [1.82, 2.24) is 15.3 Å². The van der Waals surface area contributed by atoms with E-state index in [1.807, 2.05) is 13.8 Å². The Morgan fingerprint density at radius 2 is 2.17 bits per heavy atom. The molecule has 1 aliphatic rings. The molecule has 2 rings (SSSR count). The number of aromatic nitrogens is 2. The number of imidazole rings is 1. The largest absolute Gasteiger partial charge is 0.344 e. The van der Waals surface area contributed by atoms with Crippen molar-refractivity contribution < 1.29 is 9.59 Å². The Morgan fingerprint density at radius 1 is 1.39 bits per heavy atom. The number of nitrogens with zero attached hydrogens (tertiary/aromatic N) is 1. The molecule has 1 unspecified atom stereocenters. The maximum atomic E-state index is 12.0. The van der Waals surface area contributed by atoms with Gasteiger partial charge in [-0.15, -0.1) is 0 Å². The lowest BCUT2D eigenvalue weighted by atomic mass is 10.1. The molecule has 1 saturated heterocycles. The van der Waals surface area contributed by atoms with Crippen LogP contribution in [0.5, 0.6) is 0 Å². The number of rotatable bonds is 2. The van der Waals surface area contributed by atoms with E-state index in [-0.39, 0.29) is 11.8 Å². The number of nitrogens with one attached hydrogen (secondary N) is 3. The summed E-state index contributed by atoms with van der Waals surface area (Å²) in [5.74, 6) is 0.173. The third-order valence-electron chi connectivity index (χ3n) is 3.17. The second-order valence-electron chi connectivity index (χ2n) is 4.65. The van der Waals surface area contributed by atoms with Gasteiger partial charge in [0.15, 0.2) is 0 Å². The molecule has 0 spiro atoms. The molecule has 1 atom stereocenters. The molecule has 98 valence electrons. The Labute approximate surface area is 106 Å². The van der Waals surface area contributed by atoms with Gasteiger partial charge in [0.2, 0.25) is 17.8 Å². The first kappa shape index (κ1) is 12.6. The van der Waals surface area contributed by atoms with Crippen LogP contribution in [0.2, 0.25) is 0 Å². The molecule has 1 fully saturated rings. The summed E-state index contributed by atoms with van der Waals surface area (Å²) in [7, 11) is 0. The van der Waals surface area contributed by atoms with Gasteiger partial charge in [-0.3, -0.25) is 14.9 Å². The normalized spacial score (nSPS) is 20.1. The summed E-state index contributed by atoms with van der Waals surface area (Å²) in [5, 5.41) is 5.43. The Bertz CT molecular complexity index is 447. The van der Waals surface area contributed by atoms with Crippen molar-refractivity contribution in [3.8, 4) is 0 Å². The molecule has 6 nitrogen and oxygen atoms in total. The monoisotopic (exact) mass is 250 g/mol. The highest BCUT2D eigenvalue weighted by Gasteiger charge is 2.23. The summed E-state index contributed by atoms with van der Waals surface area (Å²) in [6, 6.07) is -0.453. The van der Waals surface area contributed by atoms with Crippen molar-refractivity contribution in [3.05, 3.63) is 11.4 Å². The van der Waals surface area contributed by atoms with Gasteiger partial charge in [0.1, 0.15) is 6.04 Å². The van der Waals surface area contributed by atoms with Crippen molar-refractivity contribution >= 4 is 17.8 Å². The molecule has 1 aromatic rings. The smallest absolute Gasteiger partial charge is 0.249 e. The van der Waals surface area contributed by atoms with Crippen molar-refractivity contribution in [2.24, 2.45) is 0 Å². The van der Waals surface area contributed by atoms with Gasteiger partial charge in [-0.2, -0.15) is 0 Å². The zero-order valence-electron chi connectivity index (χ0n) is 10.7. The number of aryl methyl sites for hydroxylation is 2. The van der Waals surface area contributed by atoms with Crippen LogP contribution in [0.25, 0.3) is 0 Å². The standard InChI is InChI=1S/C12H18N4O2/c1-7-8(2)14-12(13-7)16-11(18)9-5-3-4-6-10(17)15-9/h9H,3-6H2,1-2H3,(H,15,17)(H2,13,14,16,18). The van der Waals surface area contributed by atoms with Crippen molar-refractivity contribution in [2.45, 2.75) is 45.6 Å². The van der Waals surface area contributed by atoms with Gasteiger partial charge in [0, 0.05) is 12.1 Å². The Morgan fingerprint density at radius 3 is 2.83 bits per heavy atom. The molecule has 1 aliphatic heterocycles. The van der Waals surface area contributed by atoms with Gasteiger partial charge in [-0.25, -0.2) is 4.98 Å². The van der Waals surface area contributed by atoms with Crippen molar-refractivity contribution in [3.63, 3.8) is 0 Å². The second-order valence-corrected chi connectivity index (χ2v) is 4.65. The summed E-state index contributed by atoms with van der Waals surface area (Å²) in [4.78, 5) is 30.6. The summed E-state index contributed by atoms with van der Waals surface area (Å²) < 4.78 is 0. The molecule has 0 aliphatic carbocycles. The highest BCUT2D eigenvalue weighted by Crippen LogP contribution is 2.12. The minimum Gasteiger partial charge on any atom is -0.344 e. The topological polar surface area (TPSA) is 86.9 Å². The molecule has 18 heavy (non-hydrogen) atoms. The van der Waals surface area contributed by atoms with E-state index in [1.54, 1.807) is 0 Å². The minimum absolute atomic E-state index is 0.0561. The number of hydrogen-bond acceptors (Lipinski definition) is 3. The SMILES string of the molecule is Cc1nc(NC(=O)C2CCCCC(=O)N2)[nH]c1C. The Kier molecular flexibility index (Phi) is 3.64. The maximum Gasteiger partial charge on any atom is 0.249 e. The lowest BCUT2D eigenvalue weighted by molar-refractivity contribution is -0.126. The van der Waals surface area contributed by atoms with E-state index in [9.17, 15) is 9.59 Å². The number of carbonyl (C=O) groups excluding carboxylic acids is 2. The first-order valence-corrected chi connectivity index (χ1v) is 6.19. The maximum absolute atomic E-state index is 12.0. The predicted molar refractivity (Wildman–Crippen MR) is 67.1 cm³/mol. The second kappa shape index (κ2) is 5.20. The van der Waals surface area contributed by atoms with Gasteiger partial charge in [-0.05, 0) is 26.7 Å². The molecule has 2 amide bonds. The van der Waals surface area contributed by atoms with E-state index in [4.69, 9.17) is 0 Å². The fourth-order valence-corrected chi connectivity index (χ4v) is 1.98. The summed E-state index contributed by atoms with van der Waals surface area (Å²) in [6.45, 7) is 3.76. The average Bonchev–Trinajstić information content (AvgIpc) is 2.53. The van der Waals surface area contributed by atoms with E-state index < -0.39 is 6.04 Å². The van der Waals surface area contributed by atoms with Gasteiger partial charge in [0.25, 0.3) is 0 Å². The Hall–Kier alpha value is -1.85. The van der Waals surface area contributed by atoms with Crippen molar-refractivity contribution in [2.75, 3.05) is 5.32 Å². The zero-order chi connectivity index (χ0) is 13.1. The number of carbonyl (C=O) groups is 2. The molecule has 2 heterocycles. The fourth-order valence-electron chi connectivity index (χ4n) is 1.98. The van der Waals surface area contributed by atoms with Crippen LogP contribution in [0.3, 0.4) is 0 Å². The third-order valence-corrected chi connectivity index (χ3v) is 3.17. The van der Waals surface area contributed by atoms with Crippen LogP contribution in [-0.4, -0.2) is 27.8 Å². The fraction of sp³-hybridized carbons (Fsp3) is 0.583. The Balaban J connectivity index is 2.00. The summed E-state index contributed by atoms with van der Waals surface area (Å²) in [6.07, 6.45) is 2.90. The summed E-state index contributed by atoms with van der Waals surface area (Å²) in [5.41, 5.74) is 1.78. The zero-order valence-corrected chi connectivity index (χ0v) is 10.7. The van der Waals surface area contributed by atoms with E-state index >= 15 is 0 Å². The van der Waals surface area contributed by atoms with Gasteiger partial charge < -0.3 is 10.3 Å². The lowest BCUT2D eigenvalue weighted by Crippen LogP contribution is -2.42. The van der Waals surface area contributed by atoms with Crippen LogP contribution >= 0.6 is 0 Å². The van der Waals surface area contributed by atoms with Crippen LogP contribution in [0.4, 0.5) is 5.95 Å². The summed E-state index contributed by atoms with van der Waals surface area (Å²) >= 11 is 0. The van der Waals surface area contributed by atoms with Crippen LogP contribution in [0.15, 0.2) is 0 Å². The number of H-pyrrole nitrogens is 1.